The van der Waals surface area contributed by atoms with E-state index in [0.29, 0.717) is 6.54 Å². The Morgan fingerprint density at radius 2 is 2.17 bits per heavy atom. The van der Waals surface area contributed by atoms with Crippen molar-refractivity contribution < 1.29 is 9.21 Å². The number of carbonyl (C=O) groups is 1. The number of nitrogens with one attached hydrogen (secondary N) is 1. The van der Waals surface area contributed by atoms with Gasteiger partial charge in [0.25, 0.3) is 0 Å². The monoisotopic (exact) mass is 335 g/mol. The molecule has 1 fully saturated rings. The van der Waals surface area contributed by atoms with Gasteiger partial charge in [0.1, 0.15) is 5.76 Å². The molecule has 0 saturated carbocycles. The predicted molar refractivity (Wildman–Crippen MR) is 96.9 cm³/mol. The number of rotatable bonds is 9. The summed E-state index contributed by atoms with van der Waals surface area (Å²) in [6.45, 7) is 11.0. The lowest BCUT2D eigenvalue weighted by Crippen LogP contribution is -2.51. The lowest BCUT2D eigenvalue weighted by atomic mass is 10.0. The summed E-state index contributed by atoms with van der Waals surface area (Å²) in [5.41, 5.74) is 0. The fourth-order valence-corrected chi connectivity index (χ4v) is 3.71. The minimum atomic E-state index is 0.0349. The zero-order valence-corrected chi connectivity index (χ0v) is 15.5. The van der Waals surface area contributed by atoms with Gasteiger partial charge in [-0.3, -0.25) is 14.6 Å². The van der Waals surface area contributed by atoms with E-state index in [1.54, 1.807) is 6.26 Å². The molecule has 5 nitrogen and oxygen atoms in total. The summed E-state index contributed by atoms with van der Waals surface area (Å²) in [5, 5.41) is 3.20. The second-order valence-electron chi connectivity index (χ2n) is 6.55. The van der Waals surface area contributed by atoms with Crippen LogP contribution in [-0.4, -0.2) is 54.5 Å². The molecule has 1 aliphatic heterocycles. The number of likely N-dealkylation sites (N-methyl/N-ethyl adjacent to an activating group) is 1. The maximum absolute atomic E-state index is 12.8. The van der Waals surface area contributed by atoms with Crippen LogP contribution in [0.15, 0.2) is 22.8 Å². The van der Waals surface area contributed by atoms with Gasteiger partial charge >= 0.3 is 0 Å². The first-order valence-corrected chi connectivity index (χ1v) is 9.50. The quantitative estimate of drug-likeness (QED) is 0.753. The molecule has 5 heteroatoms. The van der Waals surface area contributed by atoms with E-state index in [9.17, 15) is 4.79 Å². The van der Waals surface area contributed by atoms with Crippen molar-refractivity contribution in [2.75, 3.05) is 32.7 Å². The Hall–Kier alpha value is -1.33. The normalized spacial score (nSPS) is 20.2. The van der Waals surface area contributed by atoms with Crippen LogP contribution in [0.2, 0.25) is 0 Å². The standard InChI is InChI=1S/C19H33N3O2/c1-4-12-22-13-8-7-10-16(22)19(23)20-15-17(21(5-2)6-3)18-11-9-14-24-18/h9,11,14,16-17H,4-8,10,12-13,15H2,1-3H3,(H,20,23). The van der Waals surface area contributed by atoms with Crippen LogP contribution in [0.25, 0.3) is 0 Å². The van der Waals surface area contributed by atoms with Gasteiger partial charge in [-0.15, -0.1) is 0 Å². The highest BCUT2D eigenvalue weighted by Crippen LogP contribution is 2.21. The summed E-state index contributed by atoms with van der Waals surface area (Å²) in [4.78, 5) is 17.4. The molecule has 24 heavy (non-hydrogen) atoms. The Morgan fingerprint density at radius 3 is 2.79 bits per heavy atom. The molecule has 1 amide bonds. The van der Waals surface area contributed by atoms with Crippen molar-refractivity contribution in [3.63, 3.8) is 0 Å². The Kier molecular flexibility index (Phi) is 7.79. The Morgan fingerprint density at radius 1 is 1.38 bits per heavy atom. The second kappa shape index (κ2) is 9.84. The van der Waals surface area contributed by atoms with E-state index >= 15 is 0 Å². The first kappa shape index (κ1) is 19.0. The average molecular weight is 335 g/mol. The van der Waals surface area contributed by atoms with Gasteiger partial charge < -0.3 is 9.73 Å². The van der Waals surface area contributed by atoms with Crippen LogP contribution >= 0.6 is 0 Å². The molecule has 0 aliphatic carbocycles. The number of piperidine rings is 1. The third-order valence-electron chi connectivity index (χ3n) is 5.02. The molecular weight excluding hydrogens is 302 g/mol. The van der Waals surface area contributed by atoms with E-state index in [4.69, 9.17) is 4.42 Å². The zero-order valence-electron chi connectivity index (χ0n) is 15.5. The highest BCUT2D eigenvalue weighted by atomic mass is 16.3. The fraction of sp³-hybridized carbons (Fsp3) is 0.737. The molecule has 2 unspecified atom stereocenters. The van der Waals surface area contributed by atoms with Gasteiger partial charge in [-0.25, -0.2) is 0 Å². The van der Waals surface area contributed by atoms with Gasteiger partial charge in [0, 0.05) is 6.54 Å². The van der Waals surface area contributed by atoms with Crippen LogP contribution < -0.4 is 5.32 Å². The molecule has 0 spiro atoms. The molecule has 0 radical (unpaired) electrons. The Balaban J connectivity index is 1.98. The molecule has 0 aromatic carbocycles. The van der Waals surface area contributed by atoms with Crippen molar-refractivity contribution in [3.05, 3.63) is 24.2 Å². The summed E-state index contributed by atoms with van der Waals surface area (Å²) in [7, 11) is 0. The molecule has 2 atom stereocenters. The van der Waals surface area contributed by atoms with Crippen LogP contribution in [-0.2, 0) is 4.79 Å². The molecule has 1 N–H and O–H groups in total. The van der Waals surface area contributed by atoms with Crippen molar-refractivity contribution in [1.29, 1.82) is 0 Å². The van der Waals surface area contributed by atoms with Crippen LogP contribution in [0.3, 0.4) is 0 Å². The third kappa shape index (κ3) is 4.84. The van der Waals surface area contributed by atoms with Crippen molar-refractivity contribution in [2.45, 2.75) is 58.5 Å². The van der Waals surface area contributed by atoms with Crippen molar-refractivity contribution in [2.24, 2.45) is 0 Å². The molecule has 1 aromatic heterocycles. The first-order valence-electron chi connectivity index (χ1n) is 9.50. The second-order valence-corrected chi connectivity index (χ2v) is 6.55. The zero-order chi connectivity index (χ0) is 17.4. The Labute approximate surface area is 146 Å². The van der Waals surface area contributed by atoms with E-state index in [0.717, 1.165) is 51.2 Å². The topological polar surface area (TPSA) is 48.7 Å². The summed E-state index contributed by atoms with van der Waals surface area (Å²) in [6, 6.07) is 4.05. The smallest absolute Gasteiger partial charge is 0.237 e. The van der Waals surface area contributed by atoms with Crippen molar-refractivity contribution in [3.8, 4) is 0 Å². The summed E-state index contributed by atoms with van der Waals surface area (Å²) >= 11 is 0. The minimum absolute atomic E-state index is 0.0349. The maximum Gasteiger partial charge on any atom is 0.237 e. The number of hydrogen-bond donors (Lipinski definition) is 1. The molecular formula is C19H33N3O2. The predicted octanol–water partition coefficient (Wildman–Crippen LogP) is 3.04. The Bertz CT molecular complexity index is 469. The number of likely N-dealkylation sites (tertiary alicyclic amines) is 1. The summed E-state index contributed by atoms with van der Waals surface area (Å²) < 4.78 is 5.61. The number of furan rings is 1. The van der Waals surface area contributed by atoms with E-state index < -0.39 is 0 Å². The number of hydrogen-bond acceptors (Lipinski definition) is 4. The first-order chi connectivity index (χ1) is 11.7. The molecule has 1 aromatic rings. The largest absolute Gasteiger partial charge is 0.468 e. The third-order valence-corrected chi connectivity index (χ3v) is 5.02. The van der Waals surface area contributed by atoms with Crippen LogP contribution in [0, 0.1) is 0 Å². The highest BCUT2D eigenvalue weighted by Gasteiger charge is 2.29. The van der Waals surface area contributed by atoms with E-state index in [2.05, 4.69) is 35.9 Å². The van der Waals surface area contributed by atoms with Gasteiger partial charge in [0.15, 0.2) is 0 Å². The van der Waals surface area contributed by atoms with E-state index in [1.807, 2.05) is 12.1 Å². The van der Waals surface area contributed by atoms with Crippen LogP contribution in [0.5, 0.6) is 0 Å². The fourth-order valence-electron chi connectivity index (χ4n) is 3.71. The average Bonchev–Trinajstić information content (AvgIpc) is 3.13. The number of nitrogens with zero attached hydrogens (tertiary/aromatic N) is 2. The number of carbonyl (C=O) groups excluding carboxylic acids is 1. The van der Waals surface area contributed by atoms with Gasteiger partial charge in [-0.1, -0.05) is 27.2 Å². The van der Waals surface area contributed by atoms with Crippen LogP contribution in [0.1, 0.15) is 58.3 Å². The van der Waals surface area contributed by atoms with Crippen molar-refractivity contribution in [1.82, 2.24) is 15.1 Å². The molecule has 0 bridgehead atoms. The van der Waals surface area contributed by atoms with Gasteiger partial charge in [-0.05, 0) is 57.6 Å². The lowest BCUT2D eigenvalue weighted by Gasteiger charge is -2.35. The summed E-state index contributed by atoms with van der Waals surface area (Å²) in [5.74, 6) is 1.10. The molecule has 1 aliphatic rings. The minimum Gasteiger partial charge on any atom is -0.468 e. The highest BCUT2D eigenvalue weighted by molar-refractivity contribution is 5.81. The summed E-state index contributed by atoms with van der Waals surface area (Å²) in [6.07, 6.45) is 6.13. The molecule has 2 heterocycles. The van der Waals surface area contributed by atoms with Gasteiger partial charge in [-0.2, -0.15) is 0 Å². The molecule has 1 saturated heterocycles. The van der Waals surface area contributed by atoms with Gasteiger partial charge in [0.2, 0.25) is 5.91 Å². The van der Waals surface area contributed by atoms with Crippen molar-refractivity contribution >= 4 is 5.91 Å². The van der Waals surface area contributed by atoms with E-state index in [-0.39, 0.29) is 18.0 Å². The van der Waals surface area contributed by atoms with Gasteiger partial charge in [0.05, 0.1) is 18.3 Å². The number of amides is 1. The molecule has 2 rings (SSSR count). The van der Waals surface area contributed by atoms with Crippen LogP contribution in [0.4, 0.5) is 0 Å². The maximum atomic E-state index is 12.8. The SMILES string of the molecule is CCCN1CCCCC1C(=O)NCC(c1ccco1)N(CC)CC. The van der Waals surface area contributed by atoms with E-state index in [1.165, 1.54) is 6.42 Å². The molecule has 136 valence electrons. The lowest BCUT2D eigenvalue weighted by molar-refractivity contribution is -0.128.